The number of aromatic hydroxyl groups is 1. The van der Waals surface area contributed by atoms with Crippen molar-refractivity contribution in [3.63, 3.8) is 0 Å². The molecule has 4 atom stereocenters. The number of nitrogens with zero attached hydrogens (tertiary/aromatic N) is 2. The minimum absolute atomic E-state index is 0.209. The van der Waals surface area contributed by atoms with Gasteiger partial charge in [-0.3, -0.25) is 24.2 Å². The van der Waals surface area contributed by atoms with Crippen molar-refractivity contribution >= 4 is 23.2 Å². The van der Waals surface area contributed by atoms with Gasteiger partial charge in [0, 0.05) is 24.6 Å². The second-order valence-corrected chi connectivity index (χ2v) is 11.9. The van der Waals surface area contributed by atoms with Gasteiger partial charge in [-0.2, -0.15) is 13.2 Å². The number of hydrogen-bond donors (Lipinski definition) is 5. The van der Waals surface area contributed by atoms with Crippen LogP contribution in [0.2, 0.25) is 0 Å². The van der Waals surface area contributed by atoms with Crippen LogP contribution < -0.4 is 5.73 Å². The maximum atomic E-state index is 14.8. The quantitative estimate of drug-likeness (QED) is 0.307. The standard InChI is InChI=1S/C31H32F3N3O7/c1-36(2)24-18-10-15-9-17-21(25(39)20(15)27(41)30(18,44)28(42)22(26(24)40)29(35)43)19(38)11-16(23(17)31(32,33)34)13-37(3)12-14-7-5-4-6-8-14/h4-8,11,15,18,24,38-39,42,44H,9-10,12-13H2,1-3H3,(H2,35,43)/t15-,18-,24-,30-/m0/s1. The van der Waals surface area contributed by atoms with Crippen LogP contribution in [0.1, 0.15) is 34.2 Å². The topological polar surface area (TPSA) is 165 Å². The Labute approximate surface area is 250 Å². The van der Waals surface area contributed by atoms with E-state index in [-0.39, 0.29) is 18.5 Å². The molecule has 0 unspecified atom stereocenters. The Balaban J connectivity index is 1.66. The molecule has 0 heterocycles. The van der Waals surface area contributed by atoms with Crippen LogP contribution in [0.3, 0.4) is 0 Å². The summed E-state index contributed by atoms with van der Waals surface area (Å²) < 4.78 is 44.3. The molecule has 2 aromatic carbocycles. The summed E-state index contributed by atoms with van der Waals surface area (Å²) in [5.74, 6) is -9.11. The summed E-state index contributed by atoms with van der Waals surface area (Å²) in [6.45, 7) is 0.104. The number of carbonyl (C=O) groups is 3. The van der Waals surface area contributed by atoms with Crippen molar-refractivity contribution < 1.29 is 48.0 Å². The van der Waals surface area contributed by atoms with Crippen LogP contribution in [0.15, 0.2) is 53.3 Å². The van der Waals surface area contributed by atoms with Gasteiger partial charge in [0.15, 0.2) is 11.4 Å². The highest BCUT2D eigenvalue weighted by Gasteiger charge is 2.64. The number of rotatable bonds is 6. The third kappa shape index (κ3) is 4.75. The lowest BCUT2D eigenvalue weighted by atomic mass is 9.57. The summed E-state index contributed by atoms with van der Waals surface area (Å²) in [5, 5.41) is 44.8. The van der Waals surface area contributed by atoms with E-state index in [1.54, 1.807) is 24.1 Å². The van der Waals surface area contributed by atoms with Gasteiger partial charge in [0.2, 0.25) is 5.78 Å². The number of primary amides is 1. The number of halogens is 3. The van der Waals surface area contributed by atoms with Crippen LogP contribution in [-0.4, -0.2) is 80.5 Å². The normalized spacial score (nSPS) is 25.3. The Bertz CT molecular complexity index is 1630. The Hall–Kier alpha value is -4.20. The smallest absolute Gasteiger partial charge is 0.417 e. The van der Waals surface area contributed by atoms with E-state index in [0.717, 1.165) is 11.6 Å². The highest BCUT2D eigenvalue weighted by molar-refractivity contribution is 6.24. The monoisotopic (exact) mass is 615 g/mol. The van der Waals surface area contributed by atoms with E-state index in [1.165, 1.54) is 19.0 Å². The molecule has 13 heteroatoms. The fourth-order valence-corrected chi connectivity index (χ4v) is 7.10. The summed E-state index contributed by atoms with van der Waals surface area (Å²) in [4.78, 5) is 42.2. The minimum Gasteiger partial charge on any atom is -0.508 e. The molecule has 44 heavy (non-hydrogen) atoms. The highest BCUT2D eigenvalue weighted by Crippen LogP contribution is 2.54. The molecule has 0 aromatic heterocycles. The van der Waals surface area contributed by atoms with Crippen molar-refractivity contribution in [2.45, 2.75) is 43.8 Å². The van der Waals surface area contributed by atoms with Gasteiger partial charge >= 0.3 is 6.18 Å². The second kappa shape index (κ2) is 10.8. The van der Waals surface area contributed by atoms with E-state index in [2.05, 4.69) is 0 Å². The van der Waals surface area contributed by atoms with Crippen LogP contribution in [-0.2, 0) is 40.1 Å². The molecule has 5 rings (SSSR count). The molecule has 234 valence electrons. The Kier molecular flexibility index (Phi) is 7.63. The average molecular weight is 616 g/mol. The zero-order chi connectivity index (χ0) is 32.5. The first-order valence-electron chi connectivity index (χ1n) is 13.8. The molecular formula is C31H32F3N3O7. The first-order chi connectivity index (χ1) is 20.5. The Morgan fingerprint density at radius 2 is 1.70 bits per heavy atom. The summed E-state index contributed by atoms with van der Waals surface area (Å²) in [6.07, 6.45) is -5.70. The third-order valence-corrected chi connectivity index (χ3v) is 8.82. The van der Waals surface area contributed by atoms with Gasteiger partial charge in [0.25, 0.3) is 5.91 Å². The number of carbonyl (C=O) groups excluding carboxylic acids is 3. The number of nitrogens with two attached hydrogens (primary N) is 1. The number of hydrogen-bond acceptors (Lipinski definition) is 9. The molecule has 0 radical (unpaired) electrons. The molecular weight excluding hydrogens is 583 g/mol. The number of aliphatic hydroxyl groups is 3. The lowest BCUT2D eigenvalue weighted by Crippen LogP contribution is -2.65. The molecule has 2 aromatic rings. The van der Waals surface area contributed by atoms with E-state index in [1.807, 2.05) is 18.2 Å². The molecule has 6 N–H and O–H groups in total. The zero-order valence-electron chi connectivity index (χ0n) is 24.1. The predicted octanol–water partition coefficient (Wildman–Crippen LogP) is 2.61. The SMILES string of the molecule is CN(Cc1ccccc1)Cc1cc(O)c2c(c1C(F)(F)F)C[C@H]1C[C@H]3[C@H](N(C)C)C(=O)C(C(N)=O)=C(O)[C@@]3(O)C(=O)C1=C2O. The molecule has 1 saturated carbocycles. The summed E-state index contributed by atoms with van der Waals surface area (Å²) in [5.41, 5.74) is -0.549. The van der Waals surface area contributed by atoms with Gasteiger partial charge in [0.05, 0.1) is 17.2 Å². The van der Waals surface area contributed by atoms with Crippen LogP contribution in [0.25, 0.3) is 5.76 Å². The molecule has 0 saturated heterocycles. The maximum absolute atomic E-state index is 14.8. The minimum atomic E-state index is -4.91. The number of likely N-dealkylation sites (N-methyl/N-ethyl adjacent to an activating group) is 1. The molecule has 3 aliphatic carbocycles. The molecule has 0 spiro atoms. The van der Waals surface area contributed by atoms with Crippen LogP contribution in [0, 0.1) is 11.8 Å². The van der Waals surface area contributed by atoms with E-state index in [9.17, 15) is 48.0 Å². The maximum Gasteiger partial charge on any atom is 0.417 e. The summed E-state index contributed by atoms with van der Waals surface area (Å²) in [7, 11) is 4.50. The number of phenolic OH excluding ortho intramolecular Hbond substituents is 1. The van der Waals surface area contributed by atoms with Crippen molar-refractivity contribution in [3.05, 3.63) is 81.1 Å². The first-order valence-corrected chi connectivity index (χ1v) is 13.8. The molecule has 3 aliphatic rings. The summed E-state index contributed by atoms with van der Waals surface area (Å²) >= 11 is 0. The molecule has 0 bridgehead atoms. The Morgan fingerprint density at radius 1 is 1.07 bits per heavy atom. The van der Waals surface area contributed by atoms with Crippen LogP contribution in [0.5, 0.6) is 5.75 Å². The fraction of sp³-hybridized carbons (Fsp3) is 0.387. The van der Waals surface area contributed by atoms with Crippen molar-refractivity contribution in [3.8, 4) is 5.75 Å². The van der Waals surface area contributed by atoms with Gasteiger partial charge in [-0.1, -0.05) is 30.3 Å². The summed E-state index contributed by atoms with van der Waals surface area (Å²) in [6, 6.07) is 8.63. The average Bonchev–Trinajstić information content (AvgIpc) is 2.90. The predicted molar refractivity (Wildman–Crippen MR) is 151 cm³/mol. The third-order valence-electron chi connectivity index (χ3n) is 8.82. The van der Waals surface area contributed by atoms with Gasteiger partial charge in [-0.25, -0.2) is 0 Å². The van der Waals surface area contributed by atoms with Crippen molar-refractivity contribution in [2.24, 2.45) is 17.6 Å². The van der Waals surface area contributed by atoms with Crippen molar-refractivity contribution in [2.75, 3.05) is 21.1 Å². The number of alkyl halides is 3. The fourth-order valence-electron chi connectivity index (χ4n) is 7.10. The first kappa shape index (κ1) is 31.2. The zero-order valence-corrected chi connectivity index (χ0v) is 24.1. The lowest BCUT2D eigenvalue weighted by Gasteiger charge is -2.50. The van der Waals surface area contributed by atoms with Crippen molar-refractivity contribution in [1.29, 1.82) is 0 Å². The number of amides is 1. The number of benzene rings is 2. The largest absolute Gasteiger partial charge is 0.508 e. The number of phenols is 1. The number of ketones is 2. The Morgan fingerprint density at radius 3 is 2.27 bits per heavy atom. The number of fused-ring (bicyclic) bond motifs is 3. The molecule has 10 nitrogen and oxygen atoms in total. The van der Waals surface area contributed by atoms with Gasteiger partial charge in [-0.05, 0) is 62.7 Å². The van der Waals surface area contributed by atoms with E-state index >= 15 is 0 Å². The highest BCUT2D eigenvalue weighted by atomic mass is 19.4. The lowest BCUT2D eigenvalue weighted by molar-refractivity contribution is -0.153. The second-order valence-electron chi connectivity index (χ2n) is 11.9. The van der Waals surface area contributed by atoms with Crippen molar-refractivity contribution in [1.82, 2.24) is 9.80 Å². The van der Waals surface area contributed by atoms with Gasteiger partial charge in [0.1, 0.15) is 22.8 Å². The van der Waals surface area contributed by atoms with Gasteiger partial charge in [-0.15, -0.1) is 0 Å². The molecule has 1 fully saturated rings. The van der Waals surface area contributed by atoms with E-state index in [0.29, 0.717) is 6.54 Å². The van der Waals surface area contributed by atoms with Crippen LogP contribution in [0.4, 0.5) is 13.2 Å². The van der Waals surface area contributed by atoms with Crippen LogP contribution >= 0.6 is 0 Å². The van der Waals surface area contributed by atoms with Gasteiger partial charge < -0.3 is 26.2 Å². The van der Waals surface area contributed by atoms with E-state index < -0.39 is 98.7 Å². The molecule has 0 aliphatic heterocycles. The molecule has 1 amide bonds. The number of aliphatic hydroxyl groups excluding tert-OH is 2. The van der Waals surface area contributed by atoms with E-state index in [4.69, 9.17) is 5.73 Å². The number of Topliss-reactive ketones (excluding diaryl/α,β-unsaturated/α-hetero) is 2.